The van der Waals surface area contributed by atoms with Crippen LogP contribution < -0.4 is 11.1 Å². The van der Waals surface area contributed by atoms with E-state index in [1.54, 1.807) is 6.07 Å². The maximum atomic E-state index is 12.9. The summed E-state index contributed by atoms with van der Waals surface area (Å²) in [6, 6.07) is 14.8. The molecule has 0 aliphatic heterocycles. The van der Waals surface area contributed by atoms with E-state index >= 15 is 0 Å². The molecule has 0 aromatic heterocycles. The Bertz CT molecular complexity index is 526. The average Bonchev–Trinajstić information content (AvgIpc) is 2.42. The van der Waals surface area contributed by atoms with Crippen molar-refractivity contribution < 1.29 is 4.39 Å². The smallest absolute Gasteiger partial charge is 0.125 e. The molecule has 3 N–H and O–H groups in total. The van der Waals surface area contributed by atoms with Gasteiger partial charge in [-0.2, -0.15) is 0 Å². The largest absolute Gasteiger partial charge is 0.397 e. The first-order valence-corrected chi connectivity index (χ1v) is 6.50. The predicted molar refractivity (Wildman–Crippen MR) is 78.8 cm³/mol. The summed E-state index contributed by atoms with van der Waals surface area (Å²) in [5.41, 5.74) is 8.32. The molecule has 2 rings (SSSR count). The van der Waals surface area contributed by atoms with Crippen LogP contribution in [-0.4, -0.2) is 6.54 Å². The minimum absolute atomic E-state index is 0.305. The quantitative estimate of drug-likeness (QED) is 0.795. The molecule has 0 spiro atoms. The van der Waals surface area contributed by atoms with Crippen molar-refractivity contribution in [1.82, 2.24) is 0 Å². The molecule has 0 fully saturated rings. The third-order valence-electron chi connectivity index (χ3n) is 3.28. The molecule has 19 heavy (non-hydrogen) atoms. The van der Waals surface area contributed by atoms with Crippen LogP contribution in [0.15, 0.2) is 48.5 Å². The number of hydrogen-bond donors (Lipinski definition) is 2. The number of benzene rings is 2. The summed E-state index contributed by atoms with van der Waals surface area (Å²) in [5.74, 6) is 0.177. The molecule has 0 bridgehead atoms. The Morgan fingerprint density at radius 2 is 1.89 bits per heavy atom. The van der Waals surface area contributed by atoms with Gasteiger partial charge >= 0.3 is 0 Å². The van der Waals surface area contributed by atoms with Crippen molar-refractivity contribution in [2.24, 2.45) is 0 Å². The van der Waals surface area contributed by atoms with Crippen LogP contribution >= 0.6 is 0 Å². The second kappa shape index (κ2) is 6.23. The van der Waals surface area contributed by atoms with Crippen LogP contribution in [0.2, 0.25) is 0 Å². The first kappa shape index (κ1) is 13.4. The van der Waals surface area contributed by atoms with Crippen molar-refractivity contribution >= 4 is 11.4 Å². The van der Waals surface area contributed by atoms with Crippen LogP contribution in [0.4, 0.5) is 15.8 Å². The van der Waals surface area contributed by atoms with E-state index in [-0.39, 0.29) is 5.82 Å². The van der Waals surface area contributed by atoms with E-state index in [2.05, 4.69) is 36.5 Å². The van der Waals surface area contributed by atoms with Gasteiger partial charge in [0.1, 0.15) is 5.82 Å². The third kappa shape index (κ3) is 3.71. The highest BCUT2D eigenvalue weighted by molar-refractivity contribution is 5.65. The van der Waals surface area contributed by atoms with E-state index < -0.39 is 0 Å². The molecule has 2 nitrogen and oxygen atoms in total. The van der Waals surface area contributed by atoms with Crippen LogP contribution in [0, 0.1) is 5.82 Å². The van der Waals surface area contributed by atoms with Crippen LogP contribution in [-0.2, 0) is 0 Å². The summed E-state index contributed by atoms with van der Waals surface area (Å²) >= 11 is 0. The molecule has 0 radical (unpaired) electrons. The van der Waals surface area contributed by atoms with Gasteiger partial charge < -0.3 is 11.1 Å². The lowest BCUT2D eigenvalue weighted by molar-refractivity contribution is 0.628. The number of halogens is 1. The Kier molecular flexibility index (Phi) is 4.39. The van der Waals surface area contributed by atoms with Crippen molar-refractivity contribution in [3.05, 3.63) is 59.9 Å². The zero-order valence-electron chi connectivity index (χ0n) is 11.1. The molecule has 3 heteroatoms. The van der Waals surface area contributed by atoms with Crippen molar-refractivity contribution in [1.29, 1.82) is 0 Å². The predicted octanol–water partition coefficient (Wildman–Crippen LogP) is 4.01. The molecule has 0 heterocycles. The van der Waals surface area contributed by atoms with Gasteiger partial charge in [0.15, 0.2) is 0 Å². The summed E-state index contributed by atoms with van der Waals surface area (Å²) in [6.07, 6.45) is 1.00. The van der Waals surface area contributed by atoms with E-state index in [1.807, 2.05) is 6.07 Å². The number of nitrogens with one attached hydrogen (secondary N) is 1. The Morgan fingerprint density at radius 3 is 2.58 bits per heavy atom. The van der Waals surface area contributed by atoms with Crippen molar-refractivity contribution in [2.75, 3.05) is 17.6 Å². The van der Waals surface area contributed by atoms with Crippen LogP contribution in [0.5, 0.6) is 0 Å². The molecule has 2 aromatic carbocycles. The fourth-order valence-electron chi connectivity index (χ4n) is 2.07. The van der Waals surface area contributed by atoms with E-state index in [9.17, 15) is 4.39 Å². The highest BCUT2D eigenvalue weighted by Gasteiger charge is 2.05. The number of nitrogens with two attached hydrogens (primary N) is 1. The highest BCUT2D eigenvalue weighted by Crippen LogP contribution is 2.21. The zero-order chi connectivity index (χ0) is 13.7. The molecule has 100 valence electrons. The van der Waals surface area contributed by atoms with Crippen LogP contribution in [0.1, 0.15) is 24.8 Å². The molecule has 2 aromatic rings. The van der Waals surface area contributed by atoms with Crippen molar-refractivity contribution in [3.63, 3.8) is 0 Å². The standard InChI is InChI=1S/C16H19FN2/c1-12(13-5-3-2-4-6-13)9-10-19-16-8-7-14(17)11-15(16)18/h2-8,11-12,19H,9-10,18H2,1H3. The fourth-order valence-corrected chi connectivity index (χ4v) is 2.07. The maximum Gasteiger partial charge on any atom is 0.125 e. The first-order valence-electron chi connectivity index (χ1n) is 6.50. The Labute approximate surface area is 113 Å². The SMILES string of the molecule is CC(CCNc1ccc(F)cc1N)c1ccccc1. The Balaban J connectivity index is 1.86. The number of rotatable bonds is 5. The normalized spacial score (nSPS) is 12.1. The number of anilines is 2. The molecule has 1 unspecified atom stereocenters. The summed E-state index contributed by atoms with van der Waals surface area (Å²) in [7, 11) is 0. The van der Waals surface area contributed by atoms with Gasteiger partial charge in [-0.25, -0.2) is 4.39 Å². The van der Waals surface area contributed by atoms with Gasteiger partial charge in [-0.3, -0.25) is 0 Å². The lowest BCUT2D eigenvalue weighted by atomic mass is 9.98. The van der Waals surface area contributed by atoms with E-state index in [0.717, 1.165) is 18.7 Å². The zero-order valence-corrected chi connectivity index (χ0v) is 11.1. The Hall–Kier alpha value is -2.03. The number of hydrogen-bond acceptors (Lipinski definition) is 2. The van der Waals surface area contributed by atoms with Gasteiger partial charge in [-0.1, -0.05) is 37.3 Å². The second-order valence-corrected chi connectivity index (χ2v) is 4.76. The molecule has 0 amide bonds. The highest BCUT2D eigenvalue weighted by atomic mass is 19.1. The summed E-state index contributed by atoms with van der Waals surface area (Å²) in [4.78, 5) is 0. The van der Waals surface area contributed by atoms with Gasteiger partial charge in [0.2, 0.25) is 0 Å². The molecule has 0 aliphatic carbocycles. The molecule has 0 saturated heterocycles. The second-order valence-electron chi connectivity index (χ2n) is 4.76. The summed E-state index contributed by atoms with van der Waals surface area (Å²) in [5, 5.41) is 3.25. The van der Waals surface area contributed by atoms with Crippen molar-refractivity contribution in [3.8, 4) is 0 Å². The van der Waals surface area contributed by atoms with Gasteiger partial charge in [0.05, 0.1) is 11.4 Å². The van der Waals surface area contributed by atoms with Crippen molar-refractivity contribution in [2.45, 2.75) is 19.3 Å². The van der Waals surface area contributed by atoms with Gasteiger partial charge in [-0.15, -0.1) is 0 Å². The molecular formula is C16H19FN2. The summed E-state index contributed by atoms with van der Waals surface area (Å²) < 4.78 is 12.9. The molecule has 1 atom stereocenters. The van der Waals surface area contributed by atoms with Crippen LogP contribution in [0.25, 0.3) is 0 Å². The first-order chi connectivity index (χ1) is 9.16. The molecular weight excluding hydrogens is 239 g/mol. The van der Waals surface area contributed by atoms with E-state index in [4.69, 9.17) is 5.73 Å². The number of nitrogen functional groups attached to an aromatic ring is 1. The monoisotopic (exact) mass is 258 g/mol. The minimum Gasteiger partial charge on any atom is -0.397 e. The fraction of sp³-hybridized carbons (Fsp3) is 0.250. The minimum atomic E-state index is -0.305. The van der Waals surface area contributed by atoms with Crippen LogP contribution in [0.3, 0.4) is 0 Å². The topological polar surface area (TPSA) is 38.0 Å². The Morgan fingerprint density at radius 1 is 1.16 bits per heavy atom. The van der Waals surface area contributed by atoms with Gasteiger partial charge in [-0.05, 0) is 36.1 Å². The third-order valence-corrected chi connectivity index (χ3v) is 3.28. The van der Waals surface area contributed by atoms with E-state index in [1.165, 1.54) is 17.7 Å². The lowest BCUT2D eigenvalue weighted by Crippen LogP contribution is -2.07. The molecule has 0 aliphatic rings. The summed E-state index contributed by atoms with van der Waals surface area (Å²) in [6.45, 7) is 3.01. The average molecular weight is 258 g/mol. The van der Waals surface area contributed by atoms with Gasteiger partial charge in [0, 0.05) is 6.54 Å². The molecule has 0 saturated carbocycles. The maximum absolute atomic E-state index is 12.9. The van der Waals surface area contributed by atoms with Gasteiger partial charge in [0.25, 0.3) is 0 Å². The lowest BCUT2D eigenvalue weighted by Gasteiger charge is -2.14. The van der Waals surface area contributed by atoms with E-state index in [0.29, 0.717) is 11.6 Å².